The van der Waals surface area contributed by atoms with Crippen LogP contribution in [0, 0.1) is 12.8 Å². The van der Waals surface area contributed by atoms with Crippen molar-refractivity contribution >= 4 is 39.1 Å². The Hall–Kier alpha value is -3.56. The van der Waals surface area contributed by atoms with Gasteiger partial charge in [0.05, 0.1) is 17.2 Å². The van der Waals surface area contributed by atoms with Gasteiger partial charge in [-0.1, -0.05) is 55.3 Å². The molecule has 41 heavy (non-hydrogen) atoms. The SMILES string of the molecule is CCOc1ccc(N(CC(=O)N(Cc2ccc(C)cc2)[C@@H](C)C(=O)NCC(C)C)S(=O)(=O)c2ccc(Cl)cc2)cc1. The van der Waals surface area contributed by atoms with E-state index in [-0.39, 0.29) is 29.0 Å². The van der Waals surface area contributed by atoms with Gasteiger partial charge in [0.15, 0.2) is 0 Å². The lowest BCUT2D eigenvalue weighted by Gasteiger charge is -2.32. The van der Waals surface area contributed by atoms with E-state index in [0.29, 0.717) is 23.9 Å². The zero-order chi connectivity index (χ0) is 30.2. The van der Waals surface area contributed by atoms with Crippen molar-refractivity contribution in [1.82, 2.24) is 10.2 Å². The summed E-state index contributed by atoms with van der Waals surface area (Å²) >= 11 is 6.01. The first-order valence-corrected chi connectivity index (χ1v) is 15.4. The molecule has 1 N–H and O–H groups in total. The van der Waals surface area contributed by atoms with Crippen LogP contribution in [0.2, 0.25) is 5.02 Å². The van der Waals surface area contributed by atoms with Crippen LogP contribution in [0.4, 0.5) is 5.69 Å². The first kappa shape index (κ1) is 32.0. The normalized spacial score (nSPS) is 12.1. The molecule has 0 saturated heterocycles. The smallest absolute Gasteiger partial charge is 0.264 e. The van der Waals surface area contributed by atoms with Gasteiger partial charge < -0.3 is 15.0 Å². The van der Waals surface area contributed by atoms with E-state index in [1.165, 1.54) is 29.2 Å². The maximum atomic E-state index is 14.0. The fourth-order valence-corrected chi connectivity index (χ4v) is 5.60. The average molecular weight is 600 g/mol. The second-order valence-corrected chi connectivity index (χ2v) is 12.5. The van der Waals surface area contributed by atoms with Crippen LogP contribution in [0.3, 0.4) is 0 Å². The van der Waals surface area contributed by atoms with Gasteiger partial charge in [-0.3, -0.25) is 13.9 Å². The van der Waals surface area contributed by atoms with Crippen LogP contribution in [0.25, 0.3) is 0 Å². The molecular weight excluding hydrogens is 562 g/mol. The quantitative estimate of drug-likeness (QED) is 0.283. The van der Waals surface area contributed by atoms with Gasteiger partial charge in [0.2, 0.25) is 11.8 Å². The second kappa shape index (κ2) is 14.4. The number of benzene rings is 3. The summed E-state index contributed by atoms with van der Waals surface area (Å²) in [7, 11) is -4.18. The summed E-state index contributed by atoms with van der Waals surface area (Å²) in [5.74, 6) is -0.0357. The molecule has 3 aromatic rings. The average Bonchev–Trinajstić information content (AvgIpc) is 2.94. The van der Waals surface area contributed by atoms with Crippen molar-refractivity contribution in [2.24, 2.45) is 5.92 Å². The number of nitrogens with zero attached hydrogens (tertiary/aromatic N) is 2. The van der Waals surface area contributed by atoms with Crippen molar-refractivity contribution in [3.8, 4) is 5.75 Å². The molecule has 3 aromatic carbocycles. The molecule has 0 radical (unpaired) electrons. The van der Waals surface area contributed by atoms with Gasteiger partial charge in [-0.2, -0.15) is 0 Å². The van der Waals surface area contributed by atoms with E-state index in [4.69, 9.17) is 16.3 Å². The number of carbonyl (C=O) groups excluding carboxylic acids is 2. The number of halogens is 1. The van der Waals surface area contributed by atoms with Gasteiger partial charge >= 0.3 is 0 Å². The molecule has 0 spiro atoms. The topological polar surface area (TPSA) is 96.0 Å². The van der Waals surface area contributed by atoms with E-state index >= 15 is 0 Å². The molecule has 0 aliphatic rings. The maximum absolute atomic E-state index is 14.0. The first-order valence-electron chi connectivity index (χ1n) is 13.6. The number of amides is 2. The lowest BCUT2D eigenvalue weighted by Crippen LogP contribution is -2.51. The summed E-state index contributed by atoms with van der Waals surface area (Å²) in [6.45, 7) is 9.95. The van der Waals surface area contributed by atoms with Crippen molar-refractivity contribution in [1.29, 1.82) is 0 Å². The molecular formula is C31H38ClN3O5S. The summed E-state index contributed by atoms with van der Waals surface area (Å²) in [6, 6.07) is 19.1. The number of anilines is 1. The first-order chi connectivity index (χ1) is 19.4. The third-order valence-corrected chi connectivity index (χ3v) is 8.48. The largest absolute Gasteiger partial charge is 0.494 e. The lowest BCUT2D eigenvalue weighted by atomic mass is 10.1. The van der Waals surface area contributed by atoms with E-state index in [2.05, 4.69) is 5.32 Å². The molecule has 220 valence electrons. The number of sulfonamides is 1. The van der Waals surface area contributed by atoms with Crippen LogP contribution in [0.5, 0.6) is 5.75 Å². The number of hydrogen-bond donors (Lipinski definition) is 1. The highest BCUT2D eigenvalue weighted by Gasteiger charge is 2.32. The van der Waals surface area contributed by atoms with Gasteiger partial charge in [0.25, 0.3) is 10.0 Å². The molecule has 0 saturated carbocycles. The number of hydrogen-bond acceptors (Lipinski definition) is 5. The molecule has 0 aliphatic carbocycles. The molecule has 0 aliphatic heterocycles. The maximum Gasteiger partial charge on any atom is 0.264 e. The molecule has 10 heteroatoms. The number of aryl methyl sites for hydroxylation is 1. The van der Waals surface area contributed by atoms with Crippen LogP contribution >= 0.6 is 11.6 Å². The van der Waals surface area contributed by atoms with E-state index in [1.807, 2.05) is 52.0 Å². The van der Waals surface area contributed by atoms with E-state index < -0.39 is 28.5 Å². The minimum Gasteiger partial charge on any atom is -0.494 e. The van der Waals surface area contributed by atoms with Crippen LogP contribution in [-0.2, 0) is 26.2 Å². The fourth-order valence-electron chi connectivity index (χ4n) is 4.06. The van der Waals surface area contributed by atoms with Gasteiger partial charge in [-0.25, -0.2) is 8.42 Å². The summed E-state index contributed by atoms with van der Waals surface area (Å²) in [4.78, 5) is 28.5. The van der Waals surface area contributed by atoms with Crippen molar-refractivity contribution in [3.63, 3.8) is 0 Å². The van der Waals surface area contributed by atoms with Crippen LogP contribution < -0.4 is 14.4 Å². The standard InChI is InChI=1S/C31H38ClN3O5S/c1-6-40-28-15-13-27(14-16-28)35(41(38,39)29-17-11-26(32)12-18-29)21-30(36)34(20-25-9-7-23(4)8-10-25)24(5)31(37)33-19-22(2)3/h7-18,22,24H,6,19-21H2,1-5H3,(H,33,37)/t24-/m0/s1. The molecule has 0 bridgehead atoms. The molecule has 0 heterocycles. The summed E-state index contributed by atoms with van der Waals surface area (Å²) in [5.41, 5.74) is 2.16. The monoisotopic (exact) mass is 599 g/mol. The van der Waals surface area contributed by atoms with E-state index in [1.54, 1.807) is 31.2 Å². The minimum absolute atomic E-state index is 0.0172. The van der Waals surface area contributed by atoms with Gasteiger partial charge in [0, 0.05) is 18.1 Å². The fraction of sp³-hybridized carbons (Fsp3) is 0.355. The predicted octanol–water partition coefficient (Wildman–Crippen LogP) is 5.43. The van der Waals surface area contributed by atoms with Crippen molar-refractivity contribution in [2.45, 2.75) is 52.1 Å². The third-order valence-electron chi connectivity index (χ3n) is 6.44. The number of rotatable bonds is 13. The Labute approximate surface area is 248 Å². The molecule has 1 atom stereocenters. The van der Waals surface area contributed by atoms with Crippen molar-refractivity contribution in [3.05, 3.63) is 88.9 Å². The summed E-state index contributed by atoms with van der Waals surface area (Å²) in [6.07, 6.45) is 0. The van der Waals surface area contributed by atoms with Gasteiger partial charge in [-0.05, 0) is 80.8 Å². The highest BCUT2D eigenvalue weighted by atomic mass is 35.5. The zero-order valence-electron chi connectivity index (χ0n) is 24.1. The number of carbonyl (C=O) groups is 2. The van der Waals surface area contributed by atoms with Crippen LogP contribution in [0.1, 0.15) is 38.8 Å². The Bertz CT molecular complexity index is 1410. The zero-order valence-corrected chi connectivity index (χ0v) is 25.7. The van der Waals surface area contributed by atoms with E-state index in [0.717, 1.165) is 15.4 Å². The summed E-state index contributed by atoms with van der Waals surface area (Å²) < 4.78 is 34.3. The van der Waals surface area contributed by atoms with Crippen molar-refractivity contribution in [2.75, 3.05) is 24.0 Å². The minimum atomic E-state index is -4.18. The second-order valence-electron chi connectivity index (χ2n) is 10.2. The molecule has 8 nitrogen and oxygen atoms in total. The Morgan fingerprint density at radius 3 is 2.10 bits per heavy atom. The van der Waals surface area contributed by atoms with Crippen LogP contribution in [0.15, 0.2) is 77.7 Å². The molecule has 0 fully saturated rings. The van der Waals surface area contributed by atoms with E-state index in [9.17, 15) is 18.0 Å². The molecule has 3 rings (SSSR count). The highest BCUT2D eigenvalue weighted by molar-refractivity contribution is 7.92. The highest BCUT2D eigenvalue weighted by Crippen LogP contribution is 2.27. The summed E-state index contributed by atoms with van der Waals surface area (Å²) in [5, 5.41) is 3.27. The molecule has 0 aromatic heterocycles. The Balaban J connectivity index is 2.01. The van der Waals surface area contributed by atoms with Crippen LogP contribution in [-0.4, -0.2) is 50.9 Å². The number of ether oxygens (including phenoxy) is 1. The number of nitrogens with one attached hydrogen (secondary N) is 1. The Morgan fingerprint density at radius 2 is 1.54 bits per heavy atom. The Morgan fingerprint density at radius 1 is 0.927 bits per heavy atom. The van der Waals surface area contributed by atoms with Crippen molar-refractivity contribution < 1.29 is 22.7 Å². The molecule has 0 unspecified atom stereocenters. The predicted molar refractivity (Wildman–Crippen MR) is 163 cm³/mol. The van der Waals surface area contributed by atoms with Gasteiger partial charge in [0.1, 0.15) is 18.3 Å². The third kappa shape index (κ3) is 8.71. The molecule has 2 amide bonds. The van der Waals surface area contributed by atoms with Gasteiger partial charge in [-0.15, -0.1) is 0 Å². The lowest BCUT2D eigenvalue weighted by molar-refractivity contribution is -0.139. The Kier molecular flexibility index (Phi) is 11.2.